The molecule has 0 aromatic heterocycles. The van der Waals surface area contributed by atoms with E-state index < -0.39 is 21.5 Å². The van der Waals surface area contributed by atoms with Crippen molar-refractivity contribution in [3.05, 3.63) is 31.9 Å². The van der Waals surface area contributed by atoms with Crippen LogP contribution in [0.5, 0.6) is 0 Å². The van der Waals surface area contributed by atoms with Gasteiger partial charge < -0.3 is 0 Å². The van der Waals surface area contributed by atoms with Crippen molar-refractivity contribution in [3.8, 4) is 0 Å². The summed E-state index contributed by atoms with van der Waals surface area (Å²) in [6.07, 6.45) is 0. The van der Waals surface area contributed by atoms with Crippen molar-refractivity contribution in [3.63, 3.8) is 0 Å². The topological polar surface area (TPSA) is 136 Å². The maximum Gasteiger partial charge on any atom is 0.607 e. The van der Waals surface area contributed by atoms with Crippen LogP contribution in [0.15, 0.2) is 32.3 Å². The fourth-order valence-electron chi connectivity index (χ4n) is 0.464. The molecule has 0 aromatic carbocycles. The molecule has 0 bridgehead atoms. The first kappa shape index (κ1) is 7.84. The summed E-state index contributed by atoms with van der Waals surface area (Å²) >= 11 is 0. The van der Waals surface area contributed by atoms with Gasteiger partial charge in [-0.3, -0.25) is 20.2 Å². The van der Waals surface area contributed by atoms with Crippen molar-refractivity contribution in [1.29, 1.82) is 0 Å². The highest BCUT2D eigenvalue weighted by Crippen LogP contribution is 2.15. The Hall–Kier alpha value is -2.26. The first-order chi connectivity index (χ1) is 5.63. The van der Waals surface area contributed by atoms with Gasteiger partial charge in [0.15, 0.2) is 0 Å². The molecule has 62 valence electrons. The summed E-state index contributed by atoms with van der Waals surface area (Å²) in [7, 11) is 0. The van der Waals surface area contributed by atoms with E-state index in [-0.39, 0.29) is 0 Å². The minimum Gasteiger partial charge on any atom is -0.253 e. The Morgan fingerprint density at radius 1 is 1.08 bits per heavy atom. The van der Waals surface area contributed by atoms with Crippen LogP contribution in [0.3, 0.4) is 0 Å². The Morgan fingerprint density at radius 3 is 1.83 bits per heavy atom. The fraction of sp³-hybridized carbons (Fsp3) is 0. The molecule has 10 nitrogen and oxygen atoms in total. The molecule has 1 rings (SSSR count). The lowest BCUT2D eigenvalue weighted by Gasteiger charge is -1.84. The van der Waals surface area contributed by atoms with Gasteiger partial charge in [0.25, 0.3) is 0 Å². The first-order valence-electron chi connectivity index (χ1n) is 2.47. The standard InChI is InChI=1S/C2N6O4/c9-7(10)2(8(11)12)1-3-5-6-4-1. The summed E-state index contributed by atoms with van der Waals surface area (Å²) in [6, 6.07) is 0. The second-order valence-corrected chi connectivity index (χ2v) is 1.54. The van der Waals surface area contributed by atoms with Gasteiger partial charge in [-0.25, -0.2) is 0 Å². The third-order valence-corrected chi connectivity index (χ3v) is 0.865. The molecule has 10 heteroatoms. The van der Waals surface area contributed by atoms with E-state index in [9.17, 15) is 20.2 Å². The zero-order valence-corrected chi connectivity index (χ0v) is 5.32. The van der Waals surface area contributed by atoms with E-state index in [4.69, 9.17) is 0 Å². The molecule has 1 aliphatic heterocycles. The SMILES string of the molecule is O=[N+]([O-])C(=C1N=NN=N1)[N+](=O)[O-]. The molecule has 0 amide bonds. The molecule has 12 heavy (non-hydrogen) atoms. The Bertz CT molecular complexity index is 296. The second-order valence-electron chi connectivity index (χ2n) is 1.54. The number of hydrogen-bond donors (Lipinski definition) is 0. The normalized spacial score (nSPS) is 13.5. The summed E-state index contributed by atoms with van der Waals surface area (Å²) in [5.74, 6) is -2.04. The number of hydrogen-bond acceptors (Lipinski definition) is 8. The molecule has 0 aromatic rings. The van der Waals surface area contributed by atoms with Crippen LogP contribution >= 0.6 is 0 Å². The van der Waals surface area contributed by atoms with Crippen LogP contribution in [-0.2, 0) is 0 Å². The number of rotatable bonds is 2. The lowest BCUT2D eigenvalue weighted by atomic mass is 10.7. The summed E-state index contributed by atoms with van der Waals surface area (Å²) in [5, 5.41) is 31.7. The second kappa shape index (κ2) is 2.77. The summed E-state index contributed by atoms with van der Waals surface area (Å²) in [6.45, 7) is 0. The molecule has 0 spiro atoms. The molecule has 0 fully saturated rings. The van der Waals surface area contributed by atoms with E-state index in [0.29, 0.717) is 0 Å². The quantitative estimate of drug-likeness (QED) is 0.442. The van der Waals surface area contributed by atoms with Crippen molar-refractivity contribution >= 4 is 0 Å². The van der Waals surface area contributed by atoms with Crippen molar-refractivity contribution in [2.75, 3.05) is 0 Å². The van der Waals surface area contributed by atoms with E-state index in [1.807, 2.05) is 0 Å². The van der Waals surface area contributed by atoms with E-state index in [0.717, 1.165) is 0 Å². The van der Waals surface area contributed by atoms with Gasteiger partial charge in [0.05, 0.1) is 0 Å². The Labute approximate surface area is 63.6 Å². The lowest BCUT2D eigenvalue weighted by Crippen LogP contribution is -2.10. The summed E-state index contributed by atoms with van der Waals surface area (Å²) < 4.78 is 0. The third-order valence-electron chi connectivity index (χ3n) is 0.865. The van der Waals surface area contributed by atoms with E-state index in [2.05, 4.69) is 20.7 Å². The molecule has 0 radical (unpaired) electrons. The molecular weight excluding hydrogens is 172 g/mol. The van der Waals surface area contributed by atoms with Gasteiger partial charge in [0, 0.05) is 0 Å². The van der Waals surface area contributed by atoms with Crippen molar-refractivity contribution < 1.29 is 9.85 Å². The van der Waals surface area contributed by atoms with Crippen LogP contribution in [0.1, 0.15) is 0 Å². The maximum atomic E-state index is 10.0. The lowest BCUT2D eigenvalue weighted by molar-refractivity contribution is -0.617. The summed E-state index contributed by atoms with van der Waals surface area (Å²) in [5.41, 5.74) is 0. The predicted molar refractivity (Wildman–Crippen MR) is 30.7 cm³/mol. The third kappa shape index (κ3) is 1.25. The van der Waals surface area contributed by atoms with Crippen molar-refractivity contribution in [2.45, 2.75) is 0 Å². The zero-order valence-electron chi connectivity index (χ0n) is 5.32. The van der Waals surface area contributed by atoms with Gasteiger partial charge in [-0.2, -0.15) is 0 Å². The molecule has 0 aliphatic carbocycles. The number of nitro groups is 2. The highest BCUT2D eigenvalue weighted by Gasteiger charge is 2.34. The van der Waals surface area contributed by atoms with Crippen LogP contribution in [0, 0.1) is 20.2 Å². The van der Waals surface area contributed by atoms with E-state index in [1.54, 1.807) is 0 Å². The van der Waals surface area contributed by atoms with Crippen LogP contribution in [0.4, 0.5) is 0 Å². The van der Waals surface area contributed by atoms with Crippen molar-refractivity contribution in [2.24, 2.45) is 20.7 Å². The molecule has 0 N–H and O–H groups in total. The van der Waals surface area contributed by atoms with Crippen LogP contribution in [-0.4, -0.2) is 9.85 Å². The van der Waals surface area contributed by atoms with Gasteiger partial charge in [-0.05, 0) is 10.4 Å². The largest absolute Gasteiger partial charge is 0.607 e. The van der Waals surface area contributed by atoms with Gasteiger partial charge in [0.2, 0.25) is 0 Å². The molecule has 0 atom stereocenters. The molecule has 0 unspecified atom stereocenters. The van der Waals surface area contributed by atoms with Crippen LogP contribution < -0.4 is 0 Å². The van der Waals surface area contributed by atoms with E-state index >= 15 is 0 Å². The zero-order chi connectivity index (χ0) is 9.14. The average Bonchev–Trinajstić information content (AvgIpc) is 2.37. The molecule has 1 heterocycles. The van der Waals surface area contributed by atoms with Gasteiger partial charge >= 0.3 is 11.6 Å². The van der Waals surface area contributed by atoms with E-state index in [1.165, 1.54) is 0 Å². The van der Waals surface area contributed by atoms with Crippen LogP contribution in [0.2, 0.25) is 0 Å². The molecular formula is C2N6O4. The molecule has 1 aliphatic rings. The van der Waals surface area contributed by atoms with Crippen LogP contribution in [0.25, 0.3) is 0 Å². The monoisotopic (exact) mass is 172 g/mol. The fourth-order valence-corrected chi connectivity index (χ4v) is 0.464. The van der Waals surface area contributed by atoms with Gasteiger partial charge in [0.1, 0.15) is 9.85 Å². The van der Waals surface area contributed by atoms with Gasteiger partial charge in [-0.1, -0.05) is 10.2 Å². The first-order valence-corrected chi connectivity index (χ1v) is 2.47. The molecule has 0 saturated carbocycles. The Balaban J connectivity index is 3.16. The van der Waals surface area contributed by atoms with Crippen molar-refractivity contribution in [1.82, 2.24) is 0 Å². The van der Waals surface area contributed by atoms with Gasteiger partial charge in [-0.15, -0.1) is 0 Å². The minimum atomic E-state index is -1.33. The summed E-state index contributed by atoms with van der Waals surface area (Å²) in [4.78, 5) is 17.6. The Morgan fingerprint density at radius 2 is 1.50 bits per heavy atom. The minimum absolute atomic E-state index is 0.704. The smallest absolute Gasteiger partial charge is 0.253 e. The average molecular weight is 172 g/mol. The molecule has 0 saturated heterocycles. The highest BCUT2D eigenvalue weighted by atomic mass is 16.7. The predicted octanol–water partition coefficient (Wildman–Crippen LogP) is 0.499. The Kier molecular flexibility index (Phi) is 1.81. The maximum absolute atomic E-state index is 10.0. The highest BCUT2D eigenvalue weighted by molar-refractivity contribution is 4.97. The number of nitrogens with zero attached hydrogens (tertiary/aromatic N) is 6.